The lowest BCUT2D eigenvalue weighted by atomic mass is 9.90. The second kappa shape index (κ2) is 25.8. The normalized spacial score (nSPS) is 26.1. The molecule has 0 N–H and O–H groups in total. The SMILES string of the molecule is CO[C@@](C(=O)O[C@H]1C/C=C\C=C\[C@@H](OC(=O)[C@](OC)(c2ccccc2)C(F)(F)F)C/C=C/C=C\C(=O)O[C@H](C)CCC/C=C/[C@@H]2O[C@H](C1)[C@H]2OC(=O)[C@](OC)(c1ccccc1)C(F)(F)F)(c1ccccc1)C(F)(F)F. The average molecular weight is 1070 g/mol. The number of hydrogen-bond donors (Lipinski definition) is 0. The minimum atomic E-state index is -5.44. The number of fused-ring (bicyclic) bond motifs is 2. The number of ether oxygens (including phenoxy) is 8. The van der Waals surface area contributed by atoms with Crippen LogP contribution in [0.4, 0.5) is 39.5 Å². The van der Waals surface area contributed by atoms with Crippen molar-refractivity contribution in [2.75, 3.05) is 21.3 Å². The highest BCUT2D eigenvalue weighted by Crippen LogP contribution is 2.47. The van der Waals surface area contributed by atoms with Gasteiger partial charge in [0.25, 0.3) is 16.8 Å². The number of alkyl halides is 9. The van der Waals surface area contributed by atoms with Crippen LogP contribution in [0.2, 0.25) is 0 Å². The monoisotopic (exact) mass is 1070 g/mol. The van der Waals surface area contributed by atoms with Crippen LogP contribution in [0.3, 0.4) is 0 Å². The van der Waals surface area contributed by atoms with Gasteiger partial charge in [0, 0.05) is 63.4 Å². The van der Waals surface area contributed by atoms with Gasteiger partial charge in [-0.05, 0) is 32.3 Å². The van der Waals surface area contributed by atoms with Gasteiger partial charge >= 0.3 is 42.4 Å². The molecule has 0 radical (unpaired) electrons. The number of hydrogen-bond acceptors (Lipinski definition) is 12. The predicted octanol–water partition coefficient (Wildman–Crippen LogP) is 10.9. The first-order valence-electron chi connectivity index (χ1n) is 23.4. The Balaban J connectivity index is 1.56. The predicted molar refractivity (Wildman–Crippen MR) is 251 cm³/mol. The standard InChI is InChI=1S/C54H55F9O12/c1-36-23-11-5-21-33-42-45(75-48(67)51(70-4,54(61,62)63)39-28-16-8-17-29-39)43(74-42)35-41(73-47(66)50(69-3,53(58,59)60)38-26-14-7-15-27-38)32-20-9-18-30-40(31-19-10-22-34-44(64)71-36)72-46(65)49(68-2,52(55,56)57)37-24-12-6-13-25-37/h6-10,12-22,24-30,33-34,36,40-43,45H,5,11,23,31-32,35H2,1-4H3/b19-10+,20-9-,30-18+,33-21+,34-22-/t36-,40-,41+,42+,43-,45+,49-,50-,51-/m1/s1. The van der Waals surface area contributed by atoms with Crippen LogP contribution >= 0.6 is 0 Å². The molecule has 5 rings (SSSR count). The van der Waals surface area contributed by atoms with Crippen molar-refractivity contribution < 1.29 is 96.6 Å². The Morgan fingerprint density at radius 2 is 1.01 bits per heavy atom. The summed E-state index contributed by atoms with van der Waals surface area (Å²) in [4.78, 5) is 54.2. The van der Waals surface area contributed by atoms with Crippen molar-refractivity contribution in [1.82, 2.24) is 0 Å². The van der Waals surface area contributed by atoms with Gasteiger partial charge < -0.3 is 37.9 Å². The summed E-state index contributed by atoms with van der Waals surface area (Å²) in [6.07, 6.45) is -11.7. The Labute approximate surface area is 426 Å². The summed E-state index contributed by atoms with van der Waals surface area (Å²) in [6, 6.07) is 17.7. The summed E-state index contributed by atoms with van der Waals surface area (Å²) in [5, 5.41) is 0. The Morgan fingerprint density at radius 1 is 0.560 bits per heavy atom. The van der Waals surface area contributed by atoms with E-state index >= 15 is 26.3 Å². The highest BCUT2D eigenvalue weighted by Gasteiger charge is 2.67. The van der Waals surface area contributed by atoms with Crippen molar-refractivity contribution in [1.29, 1.82) is 0 Å². The lowest BCUT2D eigenvalue weighted by Gasteiger charge is -2.45. The molecular weight excluding hydrogens is 1010 g/mol. The first kappa shape index (κ1) is 59.3. The van der Waals surface area contributed by atoms with Crippen molar-refractivity contribution in [2.24, 2.45) is 0 Å². The molecule has 3 aromatic rings. The summed E-state index contributed by atoms with van der Waals surface area (Å²) in [5.41, 5.74) is -12.9. The molecule has 2 bridgehead atoms. The lowest BCUT2D eigenvalue weighted by molar-refractivity contribution is -0.293. The third-order valence-electron chi connectivity index (χ3n) is 12.3. The van der Waals surface area contributed by atoms with E-state index in [-0.39, 0.29) is 6.42 Å². The van der Waals surface area contributed by atoms with Gasteiger partial charge in [0.1, 0.15) is 24.4 Å². The van der Waals surface area contributed by atoms with Gasteiger partial charge in [0.15, 0.2) is 6.10 Å². The summed E-state index contributed by atoms with van der Waals surface area (Å²) >= 11 is 0. The van der Waals surface area contributed by atoms with Crippen molar-refractivity contribution >= 4 is 23.9 Å². The molecular formula is C54H55F9O12. The zero-order chi connectivity index (χ0) is 55.1. The molecule has 0 unspecified atom stereocenters. The fraction of sp³-hybridized carbons (Fsp3) is 0.407. The fourth-order valence-corrected chi connectivity index (χ4v) is 8.38. The van der Waals surface area contributed by atoms with E-state index < -0.39 is 125 Å². The zero-order valence-corrected chi connectivity index (χ0v) is 40.9. The second-order valence-electron chi connectivity index (χ2n) is 17.1. The summed E-state index contributed by atoms with van der Waals surface area (Å²) in [5.74, 6) is -6.45. The average Bonchev–Trinajstić information content (AvgIpc) is 3.35. The number of cyclic esters (lactones) is 1. The highest BCUT2D eigenvalue weighted by molar-refractivity contribution is 5.84. The van der Waals surface area contributed by atoms with E-state index in [1.165, 1.54) is 97.1 Å². The molecule has 21 heteroatoms. The minimum Gasteiger partial charge on any atom is -0.460 e. The van der Waals surface area contributed by atoms with E-state index in [1.54, 1.807) is 13.0 Å². The molecule has 3 aromatic carbocycles. The smallest absolute Gasteiger partial charge is 0.432 e. The van der Waals surface area contributed by atoms with Crippen LogP contribution in [0.15, 0.2) is 152 Å². The summed E-state index contributed by atoms with van der Waals surface area (Å²) in [6.45, 7) is 1.62. The Bertz CT molecular complexity index is 2510. The van der Waals surface area contributed by atoms with Crippen molar-refractivity contribution in [2.45, 2.75) is 117 Å². The van der Waals surface area contributed by atoms with Crippen molar-refractivity contribution in [3.05, 3.63) is 168 Å². The quantitative estimate of drug-likeness (QED) is 0.0737. The van der Waals surface area contributed by atoms with Crippen LogP contribution in [-0.4, -0.2) is 100 Å². The molecule has 1 saturated heterocycles. The van der Waals surface area contributed by atoms with Crippen molar-refractivity contribution in [3.8, 4) is 0 Å². The first-order valence-corrected chi connectivity index (χ1v) is 23.4. The van der Waals surface area contributed by atoms with Crippen LogP contribution in [0.5, 0.6) is 0 Å². The van der Waals surface area contributed by atoms with Crippen LogP contribution in [0.1, 0.15) is 62.1 Å². The van der Waals surface area contributed by atoms with Crippen LogP contribution in [-0.2, 0) is 73.9 Å². The Kier molecular flexibility index (Phi) is 20.4. The molecule has 0 aromatic heterocycles. The van der Waals surface area contributed by atoms with E-state index in [2.05, 4.69) is 0 Å². The van der Waals surface area contributed by atoms with Crippen LogP contribution in [0.25, 0.3) is 0 Å². The van der Waals surface area contributed by atoms with Gasteiger partial charge in [-0.2, -0.15) is 39.5 Å². The number of rotatable bonds is 12. The highest BCUT2D eigenvalue weighted by atomic mass is 19.4. The van der Waals surface area contributed by atoms with Crippen LogP contribution in [0, 0.1) is 0 Å². The molecule has 0 aliphatic carbocycles. The van der Waals surface area contributed by atoms with E-state index in [0.29, 0.717) is 40.6 Å². The third kappa shape index (κ3) is 13.7. The van der Waals surface area contributed by atoms with Gasteiger partial charge in [-0.1, -0.05) is 140 Å². The molecule has 2 heterocycles. The molecule has 1 fully saturated rings. The summed E-state index contributed by atoms with van der Waals surface area (Å²) in [7, 11) is 1.97. The number of allylic oxidation sites excluding steroid dienone is 5. The summed E-state index contributed by atoms with van der Waals surface area (Å²) < 4.78 is 178. The van der Waals surface area contributed by atoms with E-state index in [9.17, 15) is 32.3 Å². The largest absolute Gasteiger partial charge is 0.460 e. The van der Waals surface area contributed by atoms with E-state index in [4.69, 9.17) is 37.9 Å². The lowest BCUT2D eigenvalue weighted by Crippen LogP contribution is -2.60. The number of benzene rings is 3. The van der Waals surface area contributed by atoms with Crippen LogP contribution < -0.4 is 0 Å². The minimum absolute atomic E-state index is 0.286. The van der Waals surface area contributed by atoms with Gasteiger partial charge in [-0.3, -0.25) is 0 Å². The maximum Gasteiger partial charge on any atom is 0.432 e. The number of carbonyl (C=O) groups excluding carboxylic acids is 4. The van der Waals surface area contributed by atoms with E-state index in [1.807, 2.05) is 0 Å². The second-order valence-corrected chi connectivity index (χ2v) is 17.1. The molecule has 0 amide bonds. The number of carbonyl (C=O) groups is 4. The Hall–Kier alpha value is -6.55. The molecule has 0 saturated carbocycles. The number of esters is 4. The molecule has 0 spiro atoms. The molecule has 2 aliphatic heterocycles. The van der Waals surface area contributed by atoms with Gasteiger partial charge in [-0.25, -0.2) is 19.2 Å². The number of methoxy groups -OCH3 is 3. The molecule has 75 heavy (non-hydrogen) atoms. The zero-order valence-electron chi connectivity index (χ0n) is 40.9. The van der Waals surface area contributed by atoms with E-state index in [0.717, 1.165) is 48.6 Å². The van der Waals surface area contributed by atoms with Gasteiger partial charge in [0.2, 0.25) is 0 Å². The van der Waals surface area contributed by atoms with Gasteiger partial charge in [-0.15, -0.1) is 0 Å². The first-order chi connectivity index (χ1) is 35.5. The molecule has 2 aliphatic rings. The third-order valence-corrected chi connectivity index (χ3v) is 12.3. The molecule has 12 nitrogen and oxygen atoms in total. The topological polar surface area (TPSA) is 142 Å². The number of halogens is 9. The van der Waals surface area contributed by atoms with Gasteiger partial charge in [0.05, 0.1) is 6.10 Å². The molecule has 9 atom stereocenters. The fourth-order valence-electron chi connectivity index (χ4n) is 8.38. The molecule has 406 valence electrons. The maximum absolute atomic E-state index is 15.1. The maximum atomic E-state index is 15.1. The Morgan fingerprint density at radius 3 is 1.49 bits per heavy atom. The van der Waals surface area contributed by atoms with Crippen molar-refractivity contribution in [3.63, 3.8) is 0 Å².